The van der Waals surface area contributed by atoms with Gasteiger partial charge in [0, 0.05) is 16.9 Å². The lowest BCUT2D eigenvalue weighted by Gasteiger charge is -2.14. The van der Waals surface area contributed by atoms with Gasteiger partial charge >= 0.3 is 0 Å². The second-order valence-electron chi connectivity index (χ2n) is 7.82. The van der Waals surface area contributed by atoms with Crippen LogP contribution in [0.5, 0.6) is 5.75 Å². The second-order valence-corrected chi connectivity index (χ2v) is 10.5. The van der Waals surface area contributed by atoms with Crippen LogP contribution in [0.2, 0.25) is 0 Å². The fourth-order valence-electron chi connectivity index (χ4n) is 3.27. The predicted octanol–water partition coefficient (Wildman–Crippen LogP) is 4.07. The highest BCUT2D eigenvalue weighted by Crippen LogP contribution is 2.45. The third-order valence-corrected chi connectivity index (χ3v) is 7.85. The minimum absolute atomic E-state index is 0.0583. The van der Waals surface area contributed by atoms with E-state index >= 15 is 0 Å². The van der Waals surface area contributed by atoms with Crippen molar-refractivity contribution in [1.29, 1.82) is 0 Å². The summed E-state index contributed by atoms with van der Waals surface area (Å²) < 4.78 is 28.6. The lowest BCUT2D eigenvalue weighted by molar-refractivity contribution is -0.125. The molecule has 1 amide bonds. The minimum atomic E-state index is -3.93. The Hall–Kier alpha value is -2.32. The Morgan fingerprint density at radius 1 is 1.21 bits per heavy atom. The standard InChI is InChI=1S/C21H21BrN2O4S/c1-13-3-5-16(6-4-13)29(27,28)24-15(12-23-20(26)21(2)7-8-21)9-14-10-17(22)19(25)11-18(14)24/h3-6,9-11,25H,7-8,12H2,1-2H3,(H,23,26). The Morgan fingerprint density at radius 3 is 2.48 bits per heavy atom. The molecule has 29 heavy (non-hydrogen) atoms. The summed E-state index contributed by atoms with van der Waals surface area (Å²) in [6.45, 7) is 3.86. The van der Waals surface area contributed by atoms with Crippen molar-refractivity contribution in [2.75, 3.05) is 0 Å². The van der Waals surface area contributed by atoms with Crippen molar-refractivity contribution in [3.8, 4) is 5.75 Å². The molecule has 0 atom stereocenters. The first-order chi connectivity index (χ1) is 13.6. The first-order valence-electron chi connectivity index (χ1n) is 9.25. The smallest absolute Gasteiger partial charge is 0.268 e. The fourth-order valence-corrected chi connectivity index (χ4v) is 5.17. The molecule has 0 bridgehead atoms. The summed E-state index contributed by atoms with van der Waals surface area (Å²) in [6, 6.07) is 11.4. The molecule has 2 aromatic carbocycles. The van der Waals surface area contributed by atoms with Gasteiger partial charge in [-0.1, -0.05) is 24.6 Å². The normalized spacial score (nSPS) is 15.4. The molecule has 1 aliphatic carbocycles. The van der Waals surface area contributed by atoms with Gasteiger partial charge in [0.05, 0.1) is 27.1 Å². The van der Waals surface area contributed by atoms with Crippen LogP contribution in [-0.2, 0) is 21.4 Å². The number of aryl methyl sites for hydroxylation is 1. The van der Waals surface area contributed by atoms with E-state index in [0.29, 0.717) is 21.1 Å². The number of rotatable bonds is 5. The second kappa shape index (κ2) is 6.88. The van der Waals surface area contributed by atoms with Crippen molar-refractivity contribution in [2.24, 2.45) is 5.41 Å². The number of phenols is 1. The molecule has 1 fully saturated rings. The maximum Gasteiger partial charge on any atom is 0.268 e. The molecule has 1 heterocycles. The Bertz CT molecular complexity index is 1230. The van der Waals surface area contributed by atoms with Gasteiger partial charge in [-0.3, -0.25) is 4.79 Å². The number of nitrogens with zero attached hydrogens (tertiary/aromatic N) is 1. The van der Waals surface area contributed by atoms with E-state index in [-0.39, 0.29) is 28.5 Å². The maximum absolute atomic E-state index is 13.4. The zero-order valence-electron chi connectivity index (χ0n) is 16.1. The van der Waals surface area contributed by atoms with Crippen molar-refractivity contribution < 1.29 is 18.3 Å². The molecule has 0 saturated heterocycles. The number of nitrogens with one attached hydrogen (secondary N) is 1. The van der Waals surface area contributed by atoms with Crippen molar-refractivity contribution in [3.05, 3.63) is 58.2 Å². The first kappa shape index (κ1) is 20.0. The van der Waals surface area contributed by atoms with Gasteiger partial charge < -0.3 is 10.4 Å². The molecular weight excluding hydrogens is 456 g/mol. The van der Waals surface area contributed by atoms with E-state index in [4.69, 9.17) is 0 Å². The number of aromatic hydroxyl groups is 1. The Morgan fingerprint density at radius 2 is 1.86 bits per heavy atom. The van der Waals surface area contributed by atoms with Gasteiger partial charge in [-0.15, -0.1) is 0 Å². The number of carbonyl (C=O) groups is 1. The quantitative estimate of drug-likeness (QED) is 0.580. The average molecular weight is 477 g/mol. The summed E-state index contributed by atoms with van der Waals surface area (Å²) >= 11 is 3.27. The van der Waals surface area contributed by atoms with Crippen LogP contribution in [0.15, 0.2) is 51.8 Å². The molecule has 2 N–H and O–H groups in total. The zero-order valence-corrected chi connectivity index (χ0v) is 18.5. The maximum atomic E-state index is 13.4. The largest absolute Gasteiger partial charge is 0.507 e. The fraction of sp³-hybridized carbons (Fsp3) is 0.286. The molecule has 0 aliphatic heterocycles. The number of halogens is 1. The molecule has 1 aromatic heterocycles. The number of hydrogen-bond donors (Lipinski definition) is 2. The molecule has 3 aromatic rings. The monoisotopic (exact) mass is 476 g/mol. The van der Waals surface area contributed by atoms with Crippen LogP contribution in [-0.4, -0.2) is 23.4 Å². The van der Waals surface area contributed by atoms with Gasteiger partial charge in [-0.25, -0.2) is 12.4 Å². The Balaban J connectivity index is 1.84. The van der Waals surface area contributed by atoms with E-state index < -0.39 is 10.0 Å². The van der Waals surface area contributed by atoms with Crippen molar-refractivity contribution in [3.63, 3.8) is 0 Å². The molecule has 4 rings (SSSR count). The van der Waals surface area contributed by atoms with Gasteiger partial charge in [-0.05, 0) is 60.0 Å². The van der Waals surface area contributed by atoms with Gasteiger partial charge in [0.2, 0.25) is 5.91 Å². The van der Waals surface area contributed by atoms with E-state index in [1.54, 1.807) is 36.4 Å². The molecule has 0 radical (unpaired) electrons. The highest BCUT2D eigenvalue weighted by molar-refractivity contribution is 9.10. The van der Waals surface area contributed by atoms with Crippen molar-refractivity contribution >= 4 is 42.8 Å². The number of carbonyl (C=O) groups excluding carboxylic acids is 1. The first-order valence-corrected chi connectivity index (χ1v) is 11.5. The summed E-state index contributed by atoms with van der Waals surface area (Å²) in [5, 5.41) is 13.6. The van der Waals surface area contributed by atoms with E-state index in [2.05, 4.69) is 21.2 Å². The van der Waals surface area contributed by atoms with Crippen LogP contribution in [0.4, 0.5) is 0 Å². The summed E-state index contributed by atoms with van der Waals surface area (Å²) in [6.07, 6.45) is 1.68. The van der Waals surface area contributed by atoms with E-state index in [1.807, 2.05) is 13.8 Å². The van der Waals surface area contributed by atoms with E-state index in [0.717, 1.165) is 18.4 Å². The van der Waals surface area contributed by atoms with Gasteiger partial charge in [0.1, 0.15) is 5.75 Å². The highest BCUT2D eigenvalue weighted by Gasteiger charge is 2.44. The zero-order chi connectivity index (χ0) is 21.0. The van der Waals surface area contributed by atoms with Crippen LogP contribution < -0.4 is 5.32 Å². The molecule has 152 valence electrons. The third kappa shape index (κ3) is 3.55. The summed E-state index contributed by atoms with van der Waals surface area (Å²) in [5.41, 5.74) is 1.38. The number of phenolic OH excluding ortho intramolecular Hbond substituents is 1. The van der Waals surface area contributed by atoms with Crippen LogP contribution in [0.25, 0.3) is 10.9 Å². The summed E-state index contributed by atoms with van der Waals surface area (Å²) in [4.78, 5) is 12.5. The lowest BCUT2D eigenvalue weighted by atomic mass is 10.1. The predicted molar refractivity (Wildman–Crippen MR) is 114 cm³/mol. The molecule has 0 spiro atoms. The molecular formula is C21H21BrN2O4S. The Kier molecular flexibility index (Phi) is 4.74. The van der Waals surface area contributed by atoms with Crippen molar-refractivity contribution in [1.82, 2.24) is 9.29 Å². The number of fused-ring (bicyclic) bond motifs is 1. The minimum Gasteiger partial charge on any atom is -0.507 e. The molecule has 1 aliphatic rings. The lowest BCUT2D eigenvalue weighted by Crippen LogP contribution is -2.31. The van der Waals surface area contributed by atoms with Gasteiger partial charge in [0.15, 0.2) is 0 Å². The third-order valence-electron chi connectivity index (χ3n) is 5.44. The molecule has 1 saturated carbocycles. The van der Waals surface area contributed by atoms with Crippen LogP contribution >= 0.6 is 15.9 Å². The average Bonchev–Trinajstić information content (AvgIpc) is 3.32. The Labute approximate surface area is 177 Å². The van der Waals surface area contributed by atoms with Crippen LogP contribution in [0.3, 0.4) is 0 Å². The van der Waals surface area contributed by atoms with Crippen LogP contribution in [0.1, 0.15) is 31.0 Å². The van der Waals surface area contributed by atoms with Crippen molar-refractivity contribution in [2.45, 2.75) is 38.1 Å². The van der Waals surface area contributed by atoms with Gasteiger partial charge in [-0.2, -0.15) is 0 Å². The molecule has 6 nitrogen and oxygen atoms in total. The SMILES string of the molecule is Cc1ccc(S(=O)(=O)n2c(CNC(=O)C3(C)CC3)cc3cc(Br)c(O)cc32)cc1. The number of hydrogen-bond acceptors (Lipinski definition) is 4. The highest BCUT2D eigenvalue weighted by atomic mass is 79.9. The summed E-state index contributed by atoms with van der Waals surface area (Å²) in [7, 11) is -3.93. The number of benzene rings is 2. The van der Waals surface area contributed by atoms with Gasteiger partial charge in [0.25, 0.3) is 10.0 Å². The molecule has 8 heteroatoms. The number of aromatic nitrogens is 1. The van der Waals surface area contributed by atoms with E-state index in [9.17, 15) is 18.3 Å². The number of amides is 1. The van der Waals surface area contributed by atoms with E-state index in [1.165, 1.54) is 10.0 Å². The topological polar surface area (TPSA) is 88.4 Å². The summed E-state index contributed by atoms with van der Waals surface area (Å²) in [5.74, 6) is -0.136. The van der Waals surface area contributed by atoms with Crippen LogP contribution in [0, 0.1) is 12.3 Å². The molecule has 0 unspecified atom stereocenters.